The van der Waals surface area contributed by atoms with Crippen LogP contribution in [0.15, 0.2) is 53.7 Å². The summed E-state index contributed by atoms with van der Waals surface area (Å²) in [4.78, 5) is 16.3. The van der Waals surface area contributed by atoms with Crippen molar-refractivity contribution >= 4 is 21.6 Å². The van der Waals surface area contributed by atoms with Crippen LogP contribution in [-0.2, 0) is 10.0 Å². The Kier molecular flexibility index (Phi) is 5.68. The smallest absolute Gasteiger partial charge is 0.255 e. The van der Waals surface area contributed by atoms with Crippen LogP contribution >= 0.6 is 0 Å². The van der Waals surface area contributed by atoms with Gasteiger partial charge < -0.3 is 5.32 Å². The van der Waals surface area contributed by atoms with Crippen molar-refractivity contribution in [3.8, 4) is 0 Å². The van der Waals surface area contributed by atoms with Crippen molar-refractivity contribution in [3.05, 3.63) is 54.4 Å². The van der Waals surface area contributed by atoms with Crippen molar-refractivity contribution in [1.82, 2.24) is 9.29 Å². The second kappa shape index (κ2) is 7.97. The first-order valence-electron chi connectivity index (χ1n) is 8.85. The van der Waals surface area contributed by atoms with Gasteiger partial charge in [-0.1, -0.05) is 13.3 Å². The molecule has 0 spiro atoms. The Morgan fingerprint density at radius 2 is 1.85 bits per heavy atom. The third kappa shape index (κ3) is 3.94. The van der Waals surface area contributed by atoms with E-state index in [1.807, 2.05) is 6.92 Å². The van der Waals surface area contributed by atoms with E-state index in [1.165, 1.54) is 0 Å². The van der Waals surface area contributed by atoms with Crippen molar-refractivity contribution in [2.45, 2.75) is 43.5 Å². The number of hydrogen-bond donors (Lipinski definition) is 1. The van der Waals surface area contributed by atoms with Gasteiger partial charge in [0.15, 0.2) is 0 Å². The van der Waals surface area contributed by atoms with Crippen molar-refractivity contribution in [1.29, 1.82) is 0 Å². The molecule has 0 bridgehead atoms. The highest BCUT2D eigenvalue weighted by molar-refractivity contribution is 7.89. The molecule has 1 aromatic carbocycles. The molecule has 7 heteroatoms. The molecule has 1 fully saturated rings. The number of piperidine rings is 1. The van der Waals surface area contributed by atoms with Crippen LogP contribution < -0.4 is 5.32 Å². The highest BCUT2D eigenvalue weighted by Gasteiger charge is 2.32. The number of pyridine rings is 1. The number of nitrogens with one attached hydrogen (secondary N) is 1. The number of rotatable bonds is 5. The summed E-state index contributed by atoms with van der Waals surface area (Å²) in [6.45, 7) is 2.59. The number of carbonyl (C=O) groups excluding carboxylic acids is 1. The number of carbonyl (C=O) groups is 1. The molecule has 1 amide bonds. The normalized spacial score (nSPS) is 18.4. The predicted molar refractivity (Wildman–Crippen MR) is 100 cm³/mol. The zero-order chi connectivity index (χ0) is 18.6. The Morgan fingerprint density at radius 1 is 1.15 bits per heavy atom. The molecule has 0 aliphatic carbocycles. The van der Waals surface area contributed by atoms with Gasteiger partial charge in [-0.15, -0.1) is 0 Å². The lowest BCUT2D eigenvalue weighted by Gasteiger charge is -2.34. The Hall–Kier alpha value is -2.25. The van der Waals surface area contributed by atoms with Crippen LogP contribution in [0.3, 0.4) is 0 Å². The number of amides is 1. The minimum Gasteiger partial charge on any atom is -0.322 e. The average molecular weight is 373 g/mol. The Labute approximate surface area is 154 Å². The Balaban J connectivity index is 1.75. The van der Waals surface area contributed by atoms with Gasteiger partial charge in [-0.25, -0.2) is 8.42 Å². The predicted octanol–water partition coefficient (Wildman–Crippen LogP) is 3.29. The second-order valence-corrected chi connectivity index (χ2v) is 8.28. The third-order valence-corrected chi connectivity index (χ3v) is 6.67. The molecular weight excluding hydrogens is 350 g/mol. The lowest BCUT2D eigenvalue weighted by Crippen LogP contribution is -2.43. The number of nitrogens with zero attached hydrogens (tertiary/aromatic N) is 2. The van der Waals surface area contributed by atoms with Gasteiger partial charge in [0.05, 0.1) is 4.90 Å². The largest absolute Gasteiger partial charge is 0.322 e. The molecule has 2 heterocycles. The van der Waals surface area contributed by atoms with Gasteiger partial charge in [-0.05, 0) is 55.7 Å². The van der Waals surface area contributed by atoms with Gasteiger partial charge in [-0.2, -0.15) is 4.31 Å². The number of aromatic nitrogens is 1. The molecule has 6 nitrogen and oxygen atoms in total. The van der Waals surface area contributed by atoms with Crippen LogP contribution in [0.5, 0.6) is 0 Å². The van der Waals surface area contributed by atoms with Crippen LogP contribution in [-0.4, -0.2) is 36.2 Å². The first-order chi connectivity index (χ1) is 12.5. The third-order valence-electron chi connectivity index (χ3n) is 4.71. The second-order valence-electron chi connectivity index (χ2n) is 6.39. The standard InChI is InChI=1S/C19H23N3O3S/c1-2-17-5-3-4-14-22(17)26(24,25)18-8-6-16(7-9-18)21-19(23)15-10-12-20-13-11-15/h6-13,17H,2-5,14H2,1H3,(H,21,23)/t17-/m0/s1. The molecule has 1 aliphatic heterocycles. The first kappa shape index (κ1) is 18.5. The summed E-state index contributed by atoms with van der Waals surface area (Å²) >= 11 is 0. The van der Waals surface area contributed by atoms with E-state index < -0.39 is 10.0 Å². The average Bonchev–Trinajstić information content (AvgIpc) is 2.69. The molecule has 3 rings (SSSR count). The summed E-state index contributed by atoms with van der Waals surface area (Å²) in [5, 5.41) is 2.76. The van der Waals surface area contributed by atoms with E-state index in [9.17, 15) is 13.2 Å². The zero-order valence-electron chi connectivity index (χ0n) is 14.8. The summed E-state index contributed by atoms with van der Waals surface area (Å²) in [7, 11) is -3.51. The highest BCUT2D eigenvalue weighted by atomic mass is 32.2. The summed E-state index contributed by atoms with van der Waals surface area (Å²) in [6.07, 6.45) is 6.80. The fourth-order valence-corrected chi connectivity index (χ4v) is 5.02. The van der Waals surface area contributed by atoms with Crippen molar-refractivity contribution in [3.63, 3.8) is 0 Å². The highest BCUT2D eigenvalue weighted by Crippen LogP contribution is 2.27. The van der Waals surface area contributed by atoms with E-state index in [0.29, 0.717) is 17.8 Å². The maximum absolute atomic E-state index is 12.9. The van der Waals surface area contributed by atoms with Crippen LogP contribution in [0, 0.1) is 0 Å². The SMILES string of the molecule is CC[C@H]1CCCCN1S(=O)(=O)c1ccc(NC(=O)c2ccncc2)cc1. The fourth-order valence-electron chi connectivity index (χ4n) is 3.25. The molecule has 138 valence electrons. The molecular formula is C19H23N3O3S. The number of benzene rings is 1. The van der Waals surface area contributed by atoms with Gasteiger partial charge in [-0.3, -0.25) is 9.78 Å². The van der Waals surface area contributed by atoms with Crippen molar-refractivity contribution in [2.24, 2.45) is 0 Å². The molecule has 0 unspecified atom stereocenters. The summed E-state index contributed by atoms with van der Waals surface area (Å²) < 4.78 is 27.5. The molecule has 1 saturated heterocycles. The van der Waals surface area contributed by atoms with Crippen molar-refractivity contribution < 1.29 is 13.2 Å². The van der Waals surface area contributed by atoms with E-state index in [-0.39, 0.29) is 16.8 Å². The minimum atomic E-state index is -3.51. The van der Waals surface area contributed by atoms with Gasteiger partial charge in [0.2, 0.25) is 10.0 Å². The number of hydrogen-bond acceptors (Lipinski definition) is 4. The molecule has 26 heavy (non-hydrogen) atoms. The maximum atomic E-state index is 12.9. The molecule has 0 saturated carbocycles. The molecule has 0 radical (unpaired) electrons. The first-order valence-corrected chi connectivity index (χ1v) is 10.3. The van der Waals surface area contributed by atoms with E-state index in [0.717, 1.165) is 25.7 Å². The number of anilines is 1. The lowest BCUT2D eigenvalue weighted by molar-refractivity contribution is 0.102. The van der Waals surface area contributed by atoms with Crippen LogP contribution in [0.1, 0.15) is 43.0 Å². The lowest BCUT2D eigenvalue weighted by atomic mass is 10.0. The molecule has 1 aromatic heterocycles. The van der Waals surface area contributed by atoms with E-state index >= 15 is 0 Å². The fraction of sp³-hybridized carbons (Fsp3) is 0.368. The summed E-state index contributed by atoms with van der Waals surface area (Å²) in [6, 6.07) is 9.66. The Morgan fingerprint density at radius 3 is 2.50 bits per heavy atom. The van der Waals surface area contributed by atoms with Crippen LogP contribution in [0.2, 0.25) is 0 Å². The van der Waals surface area contributed by atoms with Gasteiger partial charge in [0.1, 0.15) is 0 Å². The number of sulfonamides is 1. The van der Waals surface area contributed by atoms with Crippen molar-refractivity contribution in [2.75, 3.05) is 11.9 Å². The molecule has 2 aromatic rings. The minimum absolute atomic E-state index is 0.0693. The molecule has 1 atom stereocenters. The van der Waals surface area contributed by atoms with E-state index in [4.69, 9.17) is 0 Å². The quantitative estimate of drug-likeness (QED) is 0.872. The van der Waals surface area contributed by atoms with Gasteiger partial charge in [0.25, 0.3) is 5.91 Å². The summed E-state index contributed by atoms with van der Waals surface area (Å²) in [5.41, 5.74) is 1.05. The van der Waals surface area contributed by atoms with E-state index in [2.05, 4.69) is 10.3 Å². The van der Waals surface area contributed by atoms with Crippen LogP contribution in [0.25, 0.3) is 0 Å². The maximum Gasteiger partial charge on any atom is 0.255 e. The molecule has 1 N–H and O–H groups in total. The zero-order valence-corrected chi connectivity index (χ0v) is 15.6. The Bertz CT molecular complexity index is 851. The summed E-state index contributed by atoms with van der Waals surface area (Å²) in [5.74, 6) is -0.259. The molecule has 1 aliphatic rings. The van der Waals surface area contributed by atoms with Gasteiger partial charge >= 0.3 is 0 Å². The van der Waals surface area contributed by atoms with Crippen LogP contribution in [0.4, 0.5) is 5.69 Å². The monoisotopic (exact) mass is 373 g/mol. The topological polar surface area (TPSA) is 79.4 Å². The van der Waals surface area contributed by atoms with Gasteiger partial charge in [0, 0.05) is 36.2 Å². The van der Waals surface area contributed by atoms with E-state index in [1.54, 1.807) is 53.1 Å².